The van der Waals surface area contributed by atoms with Crippen molar-refractivity contribution in [3.63, 3.8) is 0 Å². The summed E-state index contributed by atoms with van der Waals surface area (Å²) in [5, 5.41) is 9.52. The summed E-state index contributed by atoms with van der Waals surface area (Å²) in [6.45, 7) is 4.64. The van der Waals surface area contributed by atoms with Crippen molar-refractivity contribution in [2.75, 3.05) is 0 Å². The fourth-order valence-electron chi connectivity index (χ4n) is 3.80. The van der Waals surface area contributed by atoms with Crippen LogP contribution in [0.25, 0.3) is 0 Å². The van der Waals surface area contributed by atoms with E-state index in [1.54, 1.807) is 6.07 Å². The van der Waals surface area contributed by atoms with Crippen molar-refractivity contribution in [1.82, 2.24) is 0 Å². The van der Waals surface area contributed by atoms with Gasteiger partial charge in [-0.15, -0.1) is 0 Å². The topological polar surface area (TPSA) is 29.5 Å². The zero-order chi connectivity index (χ0) is 17.9. The minimum atomic E-state index is 0.348. The van der Waals surface area contributed by atoms with Crippen molar-refractivity contribution >= 4 is 0 Å². The van der Waals surface area contributed by atoms with Crippen molar-refractivity contribution in [3.8, 4) is 11.5 Å². The van der Waals surface area contributed by atoms with Gasteiger partial charge in [0.05, 0.1) is 6.10 Å². The van der Waals surface area contributed by atoms with Crippen LogP contribution in [0.5, 0.6) is 11.5 Å². The van der Waals surface area contributed by atoms with Crippen LogP contribution in [0.1, 0.15) is 96.5 Å². The van der Waals surface area contributed by atoms with Crippen LogP contribution >= 0.6 is 0 Å². The number of hydrogen-bond acceptors (Lipinski definition) is 2. The van der Waals surface area contributed by atoms with E-state index in [4.69, 9.17) is 4.74 Å². The second kappa shape index (κ2) is 11.4. The molecule has 25 heavy (non-hydrogen) atoms. The van der Waals surface area contributed by atoms with Crippen molar-refractivity contribution in [3.05, 3.63) is 23.8 Å². The van der Waals surface area contributed by atoms with E-state index in [9.17, 15) is 5.11 Å². The van der Waals surface area contributed by atoms with E-state index in [1.165, 1.54) is 70.6 Å². The standard InChI is InChI=1S/C23H38O2/c1-19(2)12-10-8-6-4-3-5-7-9-11-13-22-16-14-20-18-21(24)15-17-23(20)25-22/h15,17-19,22,24H,3-14,16H2,1-2H3. The summed E-state index contributed by atoms with van der Waals surface area (Å²) < 4.78 is 6.08. The molecule has 2 heteroatoms. The van der Waals surface area contributed by atoms with E-state index in [0.29, 0.717) is 11.9 Å². The van der Waals surface area contributed by atoms with Gasteiger partial charge in [-0.2, -0.15) is 0 Å². The Morgan fingerprint density at radius 1 is 0.960 bits per heavy atom. The summed E-state index contributed by atoms with van der Waals surface area (Å²) in [7, 11) is 0. The van der Waals surface area contributed by atoms with Crippen molar-refractivity contribution in [1.29, 1.82) is 0 Å². The number of hydrogen-bond donors (Lipinski definition) is 1. The third-order valence-corrected chi connectivity index (χ3v) is 5.38. The Hall–Kier alpha value is -1.18. The molecule has 2 nitrogen and oxygen atoms in total. The molecule has 1 unspecified atom stereocenters. The highest BCUT2D eigenvalue weighted by Crippen LogP contribution is 2.31. The van der Waals surface area contributed by atoms with Crippen molar-refractivity contribution in [2.24, 2.45) is 5.92 Å². The molecule has 1 aliphatic heterocycles. The first kappa shape index (κ1) is 20.1. The summed E-state index contributed by atoms with van der Waals surface area (Å²) in [6, 6.07) is 5.48. The molecule has 0 saturated heterocycles. The molecular weight excluding hydrogens is 308 g/mol. The molecule has 1 N–H and O–H groups in total. The number of unbranched alkanes of at least 4 members (excludes halogenated alkanes) is 8. The zero-order valence-electron chi connectivity index (χ0n) is 16.4. The van der Waals surface area contributed by atoms with E-state index in [-0.39, 0.29) is 0 Å². The summed E-state index contributed by atoms with van der Waals surface area (Å²) in [5.41, 5.74) is 1.16. The molecule has 1 aromatic rings. The zero-order valence-corrected chi connectivity index (χ0v) is 16.4. The molecule has 0 fully saturated rings. The minimum absolute atomic E-state index is 0.348. The Morgan fingerprint density at radius 3 is 2.28 bits per heavy atom. The number of aromatic hydroxyl groups is 1. The number of phenolic OH excluding ortho intramolecular Hbond substituents is 1. The van der Waals surface area contributed by atoms with Gasteiger partial charge in [-0.25, -0.2) is 0 Å². The molecule has 1 heterocycles. The molecule has 0 radical (unpaired) electrons. The van der Waals surface area contributed by atoms with Crippen LogP contribution in [0.4, 0.5) is 0 Å². The van der Waals surface area contributed by atoms with Gasteiger partial charge in [0.25, 0.3) is 0 Å². The third-order valence-electron chi connectivity index (χ3n) is 5.38. The van der Waals surface area contributed by atoms with Gasteiger partial charge < -0.3 is 9.84 Å². The van der Waals surface area contributed by atoms with Gasteiger partial charge in [0.1, 0.15) is 11.5 Å². The highest BCUT2D eigenvalue weighted by Gasteiger charge is 2.19. The molecule has 0 saturated carbocycles. The monoisotopic (exact) mass is 346 g/mol. The maximum absolute atomic E-state index is 9.52. The van der Waals surface area contributed by atoms with Crippen molar-refractivity contribution in [2.45, 2.75) is 103 Å². The second-order valence-electron chi connectivity index (χ2n) is 8.22. The van der Waals surface area contributed by atoms with E-state index < -0.39 is 0 Å². The minimum Gasteiger partial charge on any atom is -0.508 e. The largest absolute Gasteiger partial charge is 0.508 e. The number of fused-ring (bicyclic) bond motifs is 1. The molecule has 1 aliphatic rings. The van der Waals surface area contributed by atoms with E-state index >= 15 is 0 Å². The van der Waals surface area contributed by atoms with Crippen LogP contribution in [0.2, 0.25) is 0 Å². The predicted octanol–water partition coefficient (Wildman–Crippen LogP) is 7.03. The van der Waals surface area contributed by atoms with Gasteiger partial charge in [-0.1, -0.05) is 71.6 Å². The smallest absolute Gasteiger partial charge is 0.123 e. The lowest BCUT2D eigenvalue weighted by Gasteiger charge is -2.26. The summed E-state index contributed by atoms with van der Waals surface area (Å²) >= 11 is 0. The van der Waals surface area contributed by atoms with Crippen LogP contribution in [-0.4, -0.2) is 11.2 Å². The molecule has 2 rings (SSSR count). The average Bonchev–Trinajstić information content (AvgIpc) is 2.59. The Kier molecular flexibility index (Phi) is 9.21. The summed E-state index contributed by atoms with van der Waals surface area (Å²) in [5.74, 6) is 2.20. The van der Waals surface area contributed by atoms with Crippen LogP contribution in [0.15, 0.2) is 18.2 Å². The Labute approximate surface area is 155 Å². The first-order valence-corrected chi connectivity index (χ1v) is 10.6. The fourth-order valence-corrected chi connectivity index (χ4v) is 3.80. The number of benzene rings is 1. The highest BCUT2D eigenvalue weighted by atomic mass is 16.5. The highest BCUT2D eigenvalue weighted by molar-refractivity contribution is 5.40. The summed E-state index contributed by atoms with van der Waals surface area (Å²) in [4.78, 5) is 0. The molecule has 0 aromatic heterocycles. The first-order chi connectivity index (χ1) is 12.1. The predicted molar refractivity (Wildman–Crippen MR) is 106 cm³/mol. The maximum Gasteiger partial charge on any atom is 0.123 e. The lowest BCUT2D eigenvalue weighted by molar-refractivity contribution is 0.160. The Morgan fingerprint density at radius 2 is 1.60 bits per heavy atom. The fraction of sp³-hybridized carbons (Fsp3) is 0.739. The molecule has 0 spiro atoms. The number of aryl methyl sites for hydroxylation is 1. The summed E-state index contributed by atoms with van der Waals surface area (Å²) in [6.07, 6.45) is 17.6. The Balaban J connectivity index is 1.43. The van der Waals surface area contributed by atoms with Crippen LogP contribution < -0.4 is 4.74 Å². The Bertz CT molecular complexity index is 481. The van der Waals surface area contributed by atoms with Gasteiger partial charge in [-0.05, 0) is 55.4 Å². The molecular formula is C23H38O2. The lowest BCUT2D eigenvalue weighted by atomic mass is 9.98. The van der Waals surface area contributed by atoms with Crippen LogP contribution in [0.3, 0.4) is 0 Å². The molecule has 0 bridgehead atoms. The van der Waals surface area contributed by atoms with E-state index in [1.807, 2.05) is 12.1 Å². The second-order valence-corrected chi connectivity index (χ2v) is 8.22. The first-order valence-electron chi connectivity index (χ1n) is 10.6. The average molecular weight is 347 g/mol. The third kappa shape index (κ3) is 8.16. The van der Waals surface area contributed by atoms with Crippen LogP contribution in [0, 0.1) is 5.92 Å². The molecule has 1 aromatic carbocycles. The quantitative estimate of drug-likeness (QED) is 0.411. The van der Waals surface area contributed by atoms with Gasteiger partial charge >= 0.3 is 0 Å². The van der Waals surface area contributed by atoms with Crippen LogP contribution in [-0.2, 0) is 6.42 Å². The molecule has 1 atom stereocenters. The van der Waals surface area contributed by atoms with E-state index in [2.05, 4.69) is 13.8 Å². The van der Waals surface area contributed by atoms with Gasteiger partial charge in [0, 0.05) is 0 Å². The SMILES string of the molecule is CC(C)CCCCCCCCCCCC1CCc2cc(O)ccc2O1. The number of phenols is 1. The van der Waals surface area contributed by atoms with Gasteiger partial charge in [0.2, 0.25) is 0 Å². The lowest BCUT2D eigenvalue weighted by Crippen LogP contribution is -2.22. The molecule has 142 valence electrons. The van der Waals surface area contributed by atoms with Crippen molar-refractivity contribution < 1.29 is 9.84 Å². The van der Waals surface area contributed by atoms with Gasteiger partial charge in [-0.3, -0.25) is 0 Å². The number of ether oxygens (including phenoxy) is 1. The molecule has 0 amide bonds. The molecule has 0 aliphatic carbocycles. The van der Waals surface area contributed by atoms with E-state index in [0.717, 1.165) is 30.1 Å². The van der Waals surface area contributed by atoms with Gasteiger partial charge in [0.15, 0.2) is 0 Å². The number of rotatable bonds is 12. The maximum atomic E-state index is 9.52. The normalized spacial score (nSPS) is 16.7.